The van der Waals surface area contributed by atoms with E-state index in [0.717, 1.165) is 18.4 Å². The van der Waals surface area contributed by atoms with E-state index in [0.29, 0.717) is 11.5 Å². The van der Waals surface area contributed by atoms with Gasteiger partial charge in [-0.1, -0.05) is 18.2 Å². The Hall–Kier alpha value is -3.22. The van der Waals surface area contributed by atoms with Crippen LogP contribution in [0.3, 0.4) is 0 Å². The quantitative estimate of drug-likeness (QED) is 0.648. The molecule has 1 N–H and O–H groups in total. The minimum absolute atomic E-state index is 0.149. The first-order valence-corrected chi connectivity index (χ1v) is 10.3. The number of hydrogen-bond acceptors (Lipinski definition) is 6. The molecule has 0 bridgehead atoms. The van der Waals surface area contributed by atoms with E-state index in [2.05, 4.69) is 23.5 Å². The second-order valence-electron chi connectivity index (χ2n) is 7.51. The van der Waals surface area contributed by atoms with Crippen LogP contribution in [0.15, 0.2) is 30.3 Å². The minimum atomic E-state index is -0.686. The van der Waals surface area contributed by atoms with E-state index in [1.54, 1.807) is 0 Å². The molecular weight excluding hydrogens is 398 g/mol. The summed E-state index contributed by atoms with van der Waals surface area (Å²) in [5.41, 5.74) is 3.95. The number of hydrogen-bond donors (Lipinski definition) is 1. The van der Waals surface area contributed by atoms with Crippen LogP contribution in [-0.4, -0.2) is 39.8 Å². The van der Waals surface area contributed by atoms with Gasteiger partial charge in [0.15, 0.2) is 18.1 Å². The van der Waals surface area contributed by atoms with Crippen molar-refractivity contribution in [2.24, 2.45) is 0 Å². The maximum Gasteiger partial charge on any atom is 0.342 e. The molecule has 1 amide bonds. The highest BCUT2D eigenvalue weighted by Gasteiger charge is 2.21. The van der Waals surface area contributed by atoms with Gasteiger partial charge >= 0.3 is 5.97 Å². The third-order valence-corrected chi connectivity index (χ3v) is 5.51. The number of carbonyl (C=O) groups excluding carboxylic acids is 2. The number of nitrogens with one attached hydrogen (secondary N) is 1. The largest absolute Gasteiger partial charge is 0.496 e. The lowest BCUT2D eigenvalue weighted by Gasteiger charge is -2.20. The van der Waals surface area contributed by atoms with Crippen LogP contribution < -0.4 is 19.5 Å². The number of benzene rings is 2. The molecule has 7 heteroatoms. The fraction of sp³-hybridized carbons (Fsp3) is 0.417. The van der Waals surface area contributed by atoms with Crippen LogP contribution in [0, 0.1) is 0 Å². The van der Waals surface area contributed by atoms with Gasteiger partial charge in [0, 0.05) is 12.1 Å². The van der Waals surface area contributed by atoms with Gasteiger partial charge in [0.25, 0.3) is 5.91 Å². The zero-order chi connectivity index (χ0) is 22.4. The Bertz CT molecular complexity index is 955. The molecule has 2 aromatic carbocycles. The number of carbonyl (C=O) groups is 2. The van der Waals surface area contributed by atoms with Crippen LogP contribution in [0.5, 0.6) is 17.2 Å². The lowest BCUT2D eigenvalue weighted by atomic mass is 9.89. The van der Waals surface area contributed by atoms with Crippen LogP contribution in [0.4, 0.5) is 0 Å². The molecule has 0 saturated carbocycles. The molecule has 1 aliphatic rings. The third kappa shape index (κ3) is 5.29. The Morgan fingerprint density at radius 2 is 1.55 bits per heavy atom. The zero-order valence-electron chi connectivity index (χ0n) is 18.4. The highest BCUT2D eigenvalue weighted by Crippen LogP contribution is 2.35. The van der Waals surface area contributed by atoms with Gasteiger partial charge in [0.05, 0.1) is 27.4 Å². The van der Waals surface area contributed by atoms with E-state index < -0.39 is 12.6 Å². The van der Waals surface area contributed by atoms with Crippen LogP contribution in [0.25, 0.3) is 0 Å². The van der Waals surface area contributed by atoms with Crippen molar-refractivity contribution in [2.75, 3.05) is 27.9 Å². The average Bonchev–Trinajstić information content (AvgIpc) is 2.81. The number of ether oxygens (including phenoxy) is 4. The molecule has 31 heavy (non-hydrogen) atoms. The summed E-state index contributed by atoms with van der Waals surface area (Å²) in [5, 5.41) is 2.89. The molecule has 0 heterocycles. The van der Waals surface area contributed by atoms with Crippen molar-refractivity contribution < 1.29 is 28.5 Å². The maximum absolute atomic E-state index is 12.5. The van der Waals surface area contributed by atoms with Gasteiger partial charge in [-0.25, -0.2) is 4.79 Å². The molecule has 0 fully saturated rings. The van der Waals surface area contributed by atoms with Crippen molar-refractivity contribution in [3.8, 4) is 17.2 Å². The van der Waals surface area contributed by atoms with Gasteiger partial charge in [-0.2, -0.15) is 0 Å². The predicted octanol–water partition coefficient (Wildman–Crippen LogP) is 3.63. The molecule has 0 spiro atoms. The second kappa shape index (κ2) is 10.2. The summed E-state index contributed by atoms with van der Waals surface area (Å²) in [6.07, 6.45) is 4.63. The fourth-order valence-corrected chi connectivity index (χ4v) is 3.79. The predicted molar refractivity (Wildman–Crippen MR) is 116 cm³/mol. The monoisotopic (exact) mass is 427 g/mol. The summed E-state index contributed by atoms with van der Waals surface area (Å²) in [4.78, 5) is 24.9. The number of amides is 1. The summed E-state index contributed by atoms with van der Waals surface area (Å²) in [7, 11) is 4.39. The minimum Gasteiger partial charge on any atom is -0.496 e. The standard InChI is InChI=1S/C24H29NO6/c1-15(17-10-9-16-7-5-6-8-18(16)11-17)25-23(26)14-31-24(27)19-12-21(29-3)22(30-4)13-20(19)28-2/h9-13,15H,5-8,14H2,1-4H3,(H,25,26). The van der Waals surface area contributed by atoms with Crippen molar-refractivity contribution in [3.05, 3.63) is 52.6 Å². The van der Waals surface area contributed by atoms with Crippen LogP contribution in [0.2, 0.25) is 0 Å². The summed E-state index contributed by atoms with van der Waals surface area (Å²) in [6, 6.07) is 9.18. The molecule has 166 valence electrons. The number of rotatable bonds is 8. The molecular formula is C24H29NO6. The van der Waals surface area contributed by atoms with Crippen molar-refractivity contribution in [3.63, 3.8) is 0 Å². The maximum atomic E-state index is 12.5. The zero-order valence-corrected chi connectivity index (χ0v) is 18.4. The molecule has 1 unspecified atom stereocenters. The Labute approximate surface area is 182 Å². The molecule has 1 aliphatic carbocycles. The molecule has 0 saturated heterocycles. The summed E-state index contributed by atoms with van der Waals surface area (Å²) < 4.78 is 20.9. The summed E-state index contributed by atoms with van der Waals surface area (Å²) >= 11 is 0. The lowest BCUT2D eigenvalue weighted by molar-refractivity contribution is -0.124. The Balaban J connectivity index is 1.61. The topological polar surface area (TPSA) is 83.1 Å². The summed E-state index contributed by atoms with van der Waals surface area (Å²) in [6.45, 7) is 1.52. The molecule has 3 rings (SSSR count). The molecule has 0 aromatic heterocycles. The van der Waals surface area contributed by atoms with Gasteiger partial charge in [-0.3, -0.25) is 4.79 Å². The van der Waals surface area contributed by atoms with E-state index in [9.17, 15) is 9.59 Å². The first kappa shape index (κ1) is 22.5. The third-order valence-electron chi connectivity index (χ3n) is 5.51. The van der Waals surface area contributed by atoms with Gasteiger partial charge in [-0.15, -0.1) is 0 Å². The summed E-state index contributed by atoms with van der Waals surface area (Å²) in [5.74, 6) is -0.00821. The highest BCUT2D eigenvalue weighted by molar-refractivity contribution is 5.95. The Morgan fingerprint density at radius 1 is 0.903 bits per heavy atom. The molecule has 7 nitrogen and oxygen atoms in total. The molecule has 2 aromatic rings. The number of esters is 1. The SMILES string of the molecule is COc1cc(OC)c(C(=O)OCC(=O)NC(C)c2ccc3c(c2)CCCC3)cc1OC. The van der Waals surface area contributed by atoms with Crippen LogP contribution >= 0.6 is 0 Å². The second-order valence-corrected chi connectivity index (χ2v) is 7.51. The number of methoxy groups -OCH3 is 3. The molecule has 1 atom stereocenters. The van der Waals surface area contributed by atoms with E-state index >= 15 is 0 Å². The lowest BCUT2D eigenvalue weighted by Crippen LogP contribution is -2.31. The van der Waals surface area contributed by atoms with Gasteiger partial charge < -0.3 is 24.3 Å². The van der Waals surface area contributed by atoms with Crippen molar-refractivity contribution >= 4 is 11.9 Å². The van der Waals surface area contributed by atoms with Crippen molar-refractivity contribution in [1.29, 1.82) is 0 Å². The first-order valence-electron chi connectivity index (χ1n) is 10.3. The van der Waals surface area contributed by atoms with Gasteiger partial charge in [0.1, 0.15) is 11.3 Å². The number of fused-ring (bicyclic) bond motifs is 1. The van der Waals surface area contributed by atoms with Crippen molar-refractivity contribution in [1.82, 2.24) is 5.32 Å². The van der Waals surface area contributed by atoms with Crippen LogP contribution in [0.1, 0.15) is 52.9 Å². The Kier molecular flexibility index (Phi) is 7.39. The Morgan fingerprint density at radius 3 is 2.23 bits per heavy atom. The molecule has 0 radical (unpaired) electrons. The van der Waals surface area contributed by atoms with E-state index in [-0.39, 0.29) is 23.3 Å². The van der Waals surface area contributed by atoms with Gasteiger partial charge in [0.2, 0.25) is 0 Å². The number of aryl methyl sites for hydroxylation is 2. The molecule has 0 aliphatic heterocycles. The van der Waals surface area contributed by atoms with E-state index in [1.165, 1.54) is 57.4 Å². The highest BCUT2D eigenvalue weighted by atomic mass is 16.5. The normalized spacial score (nSPS) is 13.5. The first-order chi connectivity index (χ1) is 15.0. The van der Waals surface area contributed by atoms with E-state index in [1.807, 2.05) is 6.92 Å². The smallest absolute Gasteiger partial charge is 0.342 e. The van der Waals surface area contributed by atoms with E-state index in [4.69, 9.17) is 18.9 Å². The average molecular weight is 427 g/mol. The van der Waals surface area contributed by atoms with Crippen LogP contribution in [-0.2, 0) is 22.4 Å². The fourth-order valence-electron chi connectivity index (χ4n) is 3.79. The van der Waals surface area contributed by atoms with Gasteiger partial charge in [-0.05, 0) is 49.3 Å². The van der Waals surface area contributed by atoms with Crippen molar-refractivity contribution in [2.45, 2.75) is 38.6 Å².